The minimum Gasteiger partial charge on any atom is -0.497 e. The van der Waals surface area contributed by atoms with Gasteiger partial charge in [0.25, 0.3) is 10.0 Å². The van der Waals surface area contributed by atoms with Crippen LogP contribution in [0, 0.1) is 6.92 Å². The lowest BCUT2D eigenvalue weighted by Crippen LogP contribution is -2.53. The van der Waals surface area contributed by atoms with Crippen LogP contribution in [0.15, 0.2) is 65.6 Å². The van der Waals surface area contributed by atoms with Crippen LogP contribution in [-0.4, -0.2) is 58.0 Å². The van der Waals surface area contributed by atoms with Crippen molar-refractivity contribution in [2.24, 2.45) is 0 Å². The highest BCUT2D eigenvalue weighted by molar-refractivity contribution is 7.92. The number of anilines is 1. The third-order valence-electron chi connectivity index (χ3n) is 6.72. The molecule has 43 heavy (non-hydrogen) atoms. The van der Waals surface area contributed by atoms with Gasteiger partial charge in [-0.2, -0.15) is 0 Å². The van der Waals surface area contributed by atoms with Gasteiger partial charge in [0, 0.05) is 28.7 Å². The van der Waals surface area contributed by atoms with Gasteiger partial charge in [-0.3, -0.25) is 13.9 Å². The number of carbonyl (C=O) groups excluding carboxylic acids is 2. The first-order valence-corrected chi connectivity index (χ1v) is 15.9. The van der Waals surface area contributed by atoms with Crippen LogP contribution >= 0.6 is 23.2 Å². The van der Waals surface area contributed by atoms with Crippen LogP contribution in [-0.2, 0) is 26.2 Å². The third kappa shape index (κ3) is 8.34. The average Bonchev–Trinajstić information content (AvgIpc) is 2.96. The highest BCUT2D eigenvalue weighted by Gasteiger charge is 2.35. The number of ether oxygens (including phenoxy) is 2. The van der Waals surface area contributed by atoms with E-state index in [1.54, 1.807) is 49.4 Å². The molecule has 3 aromatic rings. The van der Waals surface area contributed by atoms with Gasteiger partial charge in [0.15, 0.2) is 0 Å². The second-order valence-electron chi connectivity index (χ2n) is 10.2. The van der Waals surface area contributed by atoms with Crippen molar-refractivity contribution in [3.8, 4) is 11.5 Å². The van der Waals surface area contributed by atoms with Crippen molar-refractivity contribution in [1.82, 2.24) is 10.2 Å². The zero-order valence-electron chi connectivity index (χ0n) is 25.1. The van der Waals surface area contributed by atoms with Gasteiger partial charge in [-0.1, -0.05) is 53.9 Å². The maximum atomic E-state index is 14.3. The minimum absolute atomic E-state index is 0.0207. The Balaban J connectivity index is 2.18. The molecule has 0 saturated carbocycles. The first-order valence-electron chi connectivity index (χ1n) is 13.7. The van der Waals surface area contributed by atoms with E-state index in [0.717, 1.165) is 9.87 Å². The largest absolute Gasteiger partial charge is 0.497 e. The molecule has 0 spiro atoms. The van der Waals surface area contributed by atoms with Crippen molar-refractivity contribution in [3.05, 3.63) is 81.8 Å². The number of hydrogen-bond donors (Lipinski definition) is 1. The highest BCUT2D eigenvalue weighted by atomic mass is 35.5. The Hall–Kier alpha value is -3.47. The summed E-state index contributed by atoms with van der Waals surface area (Å²) in [6.07, 6.45) is 0.267. The summed E-state index contributed by atoms with van der Waals surface area (Å²) >= 11 is 12.6. The first kappa shape index (κ1) is 34.0. The smallest absolute Gasteiger partial charge is 0.264 e. The van der Waals surface area contributed by atoms with Gasteiger partial charge in [0.1, 0.15) is 24.1 Å². The Morgan fingerprint density at radius 2 is 1.63 bits per heavy atom. The van der Waals surface area contributed by atoms with Gasteiger partial charge in [0.2, 0.25) is 11.8 Å². The Morgan fingerprint density at radius 3 is 2.19 bits per heavy atom. The monoisotopic (exact) mass is 649 g/mol. The molecule has 0 aliphatic carbocycles. The summed E-state index contributed by atoms with van der Waals surface area (Å²) in [5.41, 5.74) is 1.51. The van der Waals surface area contributed by atoms with Crippen molar-refractivity contribution in [2.45, 2.75) is 57.6 Å². The lowest BCUT2D eigenvalue weighted by atomic mass is 10.1. The molecule has 1 atom stereocenters. The number of carbonyl (C=O) groups is 2. The van der Waals surface area contributed by atoms with Crippen LogP contribution in [0.2, 0.25) is 10.0 Å². The number of amides is 2. The number of benzene rings is 3. The van der Waals surface area contributed by atoms with Crippen LogP contribution in [0.25, 0.3) is 0 Å². The topological polar surface area (TPSA) is 105 Å². The highest BCUT2D eigenvalue weighted by Crippen LogP contribution is 2.36. The Labute approximate surface area is 263 Å². The number of sulfonamides is 1. The van der Waals surface area contributed by atoms with Gasteiger partial charge >= 0.3 is 0 Å². The van der Waals surface area contributed by atoms with Crippen molar-refractivity contribution in [3.63, 3.8) is 0 Å². The second kappa shape index (κ2) is 14.8. The maximum absolute atomic E-state index is 14.3. The Bertz CT molecular complexity index is 1550. The van der Waals surface area contributed by atoms with E-state index < -0.39 is 28.5 Å². The van der Waals surface area contributed by atoms with E-state index in [1.807, 2.05) is 20.8 Å². The van der Waals surface area contributed by atoms with Gasteiger partial charge < -0.3 is 19.7 Å². The van der Waals surface area contributed by atoms with Crippen molar-refractivity contribution < 1.29 is 27.5 Å². The summed E-state index contributed by atoms with van der Waals surface area (Å²) in [5, 5.41) is 3.58. The molecule has 0 aliphatic rings. The second-order valence-corrected chi connectivity index (χ2v) is 12.9. The molecule has 0 aliphatic heterocycles. The molecule has 0 saturated heterocycles. The van der Waals surface area contributed by atoms with E-state index >= 15 is 0 Å². The predicted octanol–water partition coefficient (Wildman–Crippen LogP) is 5.85. The van der Waals surface area contributed by atoms with E-state index in [-0.39, 0.29) is 41.2 Å². The third-order valence-corrected chi connectivity index (χ3v) is 9.08. The van der Waals surface area contributed by atoms with Crippen molar-refractivity contribution in [2.75, 3.05) is 25.1 Å². The zero-order valence-corrected chi connectivity index (χ0v) is 27.4. The Kier molecular flexibility index (Phi) is 11.7. The normalized spacial score (nSPS) is 12.0. The summed E-state index contributed by atoms with van der Waals surface area (Å²) in [6, 6.07) is 14.7. The molecule has 0 aromatic heterocycles. The average molecular weight is 651 g/mol. The molecule has 232 valence electrons. The molecule has 1 N–H and O–H groups in total. The van der Waals surface area contributed by atoms with E-state index in [0.29, 0.717) is 21.4 Å². The number of nitrogens with one attached hydrogen (secondary N) is 1. The molecule has 3 rings (SSSR count). The van der Waals surface area contributed by atoms with Gasteiger partial charge in [-0.15, -0.1) is 0 Å². The molecule has 0 bridgehead atoms. The quantitative estimate of drug-likeness (QED) is 0.249. The predicted molar refractivity (Wildman–Crippen MR) is 170 cm³/mol. The lowest BCUT2D eigenvalue weighted by Gasteiger charge is -2.34. The van der Waals surface area contributed by atoms with Crippen LogP contribution in [0.1, 0.15) is 38.3 Å². The van der Waals surface area contributed by atoms with Crippen LogP contribution < -0.4 is 19.1 Å². The Morgan fingerprint density at radius 1 is 0.953 bits per heavy atom. The number of nitrogens with zero attached hydrogens (tertiary/aromatic N) is 2. The van der Waals surface area contributed by atoms with Crippen LogP contribution in [0.3, 0.4) is 0 Å². The molecule has 0 unspecified atom stereocenters. The SMILES string of the molecule is CC[C@H](C(=O)NC(C)C)N(Cc1ccc(Cl)cc1Cl)C(=O)CN(c1cc(OC)ccc1OC)S(=O)(=O)c1ccc(C)cc1. The lowest BCUT2D eigenvalue weighted by molar-refractivity contribution is -0.140. The van der Waals surface area contributed by atoms with E-state index in [1.165, 1.54) is 37.3 Å². The fourth-order valence-electron chi connectivity index (χ4n) is 4.48. The summed E-state index contributed by atoms with van der Waals surface area (Å²) in [4.78, 5) is 28.9. The fourth-order valence-corrected chi connectivity index (χ4v) is 6.36. The first-order chi connectivity index (χ1) is 20.3. The molecule has 12 heteroatoms. The van der Waals surface area contributed by atoms with Crippen LogP contribution in [0.5, 0.6) is 11.5 Å². The fraction of sp³-hybridized carbons (Fsp3) is 0.355. The maximum Gasteiger partial charge on any atom is 0.264 e. The summed E-state index contributed by atoms with van der Waals surface area (Å²) < 4.78 is 40.2. The molecule has 0 heterocycles. The summed E-state index contributed by atoms with van der Waals surface area (Å²) in [7, 11) is -1.45. The summed E-state index contributed by atoms with van der Waals surface area (Å²) in [5.74, 6) is -0.429. The van der Waals surface area contributed by atoms with Gasteiger partial charge in [-0.05, 0) is 69.2 Å². The minimum atomic E-state index is -4.31. The molecule has 0 radical (unpaired) electrons. The van der Waals surface area contributed by atoms with Crippen molar-refractivity contribution in [1.29, 1.82) is 0 Å². The van der Waals surface area contributed by atoms with Gasteiger partial charge in [0.05, 0.1) is 24.8 Å². The number of aryl methyl sites for hydroxylation is 1. The number of halogens is 2. The number of hydrogen-bond acceptors (Lipinski definition) is 6. The molecule has 2 amide bonds. The van der Waals surface area contributed by atoms with Crippen molar-refractivity contribution >= 4 is 50.7 Å². The number of methoxy groups -OCH3 is 2. The molecular weight excluding hydrogens is 613 g/mol. The zero-order chi connectivity index (χ0) is 31.9. The standard InChI is InChI=1S/C31H37Cl2N3O6S/c1-7-27(31(38)34-20(2)3)35(18-22-10-11-23(32)16-26(22)33)30(37)19-36(28-17-24(41-5)12-15-29(28)42-6)43(39,40)25-13-8-21(4)9-14-25/h8-17,20,27H,7,18-19H2,1-6H3,(H,34,38)/t27-/m1/s1. The van der Waals surface area contributed by atoms with E-state index in [4.69, 9.17) is 32.7 Å². The summed E-state index contributed by atoms with van der Waals surface area (Å²) in [6.45, 7) is 6.55. The van der Waals surface area contributed by atoms with Crippen LogP contribution in [0.4, 0.5) is 5.69 Å². The number of rotatable bonds is 13. The van der Waals surface area contributed by atoms with Gasteiger partial charge in [-0.25, -0.2) is 8.42 Å². The van der Waals surface area contributed by atoms with E-state index in [2.05, 4.69) is 5.32 Å². The molecular formula is C31H37Cl2N3O6S. The molecule has 0 fully saturated rings. The molecule has 9 nitrogen and oxygen atoms in total. The van der Waals surface area contributed by atoms with E-state index in [9.17, 15) is 18.0 Å². The molecule has 3 aromatic carbocycles.